The van der Waals surface area contributed by atoms with Gasteiger partial charge in [0.2, 0.25) is 0 Å². The van der Waals surface area contributed by atoms with Crippen molar-refractivity contribution in [3.63, 3.8) is 0 Å². The highest BCUT2D eigenvalue weighted by Gasteiger charge is 2.17. The van der Waals surface area contributed by atoms with Crippen molar-refractivity contribution in [2.45, 2.75) is 13.5 Å². The van der Waals surface area contributed by atoms with Crippen LogP contribution in [0.25, 0.3) is 11.0 Å². The van der Waals surface area contributed by atoms with E-state index in [9.17, 15) is 0 Å². The van der Waals surface area contributed by atoms with Gasteiger partial charge in [-0.05, 0) is 32.2 Å². The highest BCUT2D eigenvalue weighted by atomic mass is 15.3. The van der Waals surface area contributed by atoms with Gasteiger partial charge in [0.15, 0.2) is 0 Å². The van der Waals surface area contributed by atoms with Gasteiger partial charge in [-0.25, -0.2) is 9.97 Å². The molecule has 3 aromatic heterocycles. The van der Waals surface area contributed by atoms with Gasteiger partial charge < -0.3 is 14.7 Å². The SMILES string of the molecule is Cc1nc(CN(C)c2ccnc3cccnc23)cc(N2CCN(C)CC2)n1. The van der Waals surface area contributed by atoms with E-state index in [0.29, 0.717) is 6.54 Å². The minimum Gasteiger partial charge on any atom is -0.367 e. The molecule has 3 aromatic rings. The van der Waals surface area contributed by atoms with E-state index in [1.54, 1.807) is 0 Å². The summed E-state index contributed by atoms with van der Waals surface area (Å²) in [6.07, 6.45) is 3.64. The van der Waals surface area contributed by atoms with E-state index in [1.807, 2.05) is 37.5 Å². The standard InChI is InChI=1S/C20H25N7/c1-15-23-16(13-19(24-15)27-11-9-25(2)10-12-27)14-26(3)18-6-8-21-17-5-4-7-22-20(17)18/h4-8,13H,9-12,14H2,1-3H3. The lowest BCUT2D eigenvalue weighted by molar-refractivity contribution is 0.312. The minimum atomic E-state index is 0.694. The van der Waals surface area contributed by atoms with Crippen LogP contribution < -0.4 is 9.80 Å². The van der Waals surface area contributed by atoms with Crippen molar-refractivity contribution < 1.29 is 0 Å². The second-order valence-electron chi connectivity index (χ2n) is 7.11. The Kier molecular flexibility index (Phi) is 4.85. The average molecular weight is 363 g/mol. The quantitative estimate of drug-likeness (QED) is 0.703. The van der Waals surface area contributed by atoms with Crippen molar-refractivity contribution in [1.82, 2.24) is 24.8 Å². The first kappa shape index (κ1) is 17.6. The van der Waals surface area contributed by atoms with Gasteiger partial charge in [-0.1, -0.05) is 0 Å². The van der Waals surface area contributed by atoms with Gasteiger partial charge in [0.25, 0.3) is 0 Å². The maximum atomic E-state index is 4.67. The zero-order chi connectivity index (χ0) is 18.8. The monoisotopic (exact) mass is 363 g/mol. The van der Waals surface area contributed by atoms with Gasteiger partial charge in [-0.15, -0.1) is 0 Å². The van der Waals surface area contributed by atoms with Crippen molar-refractivity contribution in [2.75, 3.05) is 50.1 Å². The summed E-state index contributed by atoms with van der Waals surface area (Å²) in [5.41, 5.74) is 3.88. The number of piperazine rings is 1. The van der Waals surface area contributed by atoms with Gasteiger partial charge >= 0.3 is 0 Å². The number of pyridine rings is 2. The predicted molar refractivity (Wildman–Crippen MR) is 108 cm³/mol. The Morgan fingerprint density at radius 3 is 2.67 bits per heavy atom. The molecule has 0 atom stereocenters. The lowest BCUT2D eigenvalue weighted by Crippen LogP contribution is -2.45. The van der Waals surface area contributed by atoms with Crippen LogP contribution in [0.4, 0.5) is 11.5 Å². The molecule has 0 radical (unpaired) electrons. The summed E-state index contributed by atoms with van der Waals surface area (Å²) in [5.74, 6) is 1.84. The normalized spacial score (nSPS) is 15.3. The van der Waals surface area contributed by atoms with Gasteiger partial charge in [-0.3, -0.25) is 9.97 Å². The third kappa shape index (κ3) is 3.83. The first-order valence-electron chi connectivity index (χ1n) is 9.29. The van der Waals surface area contributed by atoms with Crippen LogP contribution in [0.3, 0.4) is 0 Å². The molecule has 0 bridgehead atoms. The van der Waals surface area contributed by atoms with E-state index in [1.165, 1.54) is 0 Å². The summed E-state index contributed by atoms with van der Waals surface area (Å²) in [7, 11) is 4.23. The number of aromatic nitrogens is 4. The van der Waals surface area contributed by atoms with Crippen molar-refractivity contribution in [3.05, 3.63) is 48.2 Å². The highest BCUT2D eigenvalue weighted by Crippen LogP contribution is 2.24. The molecular formula is C20H25N7. The smallest absolute Gasteiger partial charge is 0.132 e. The summed E-state index contributed by atoms with van der Waals surface area (Å²) < 4.78 is 0. The molecule has 0 aromatic carbocycles. The highest BCUT2D eigenvalue weighted by molar-refractivity contribution is 5.87. The fourth-order valence-corrected chi connectivity index (χ4v) is 3.49. The minimum absolute atomic E-state index is 0.694. The molecule has 1 aliphatic heterocycles. The molecule has 7 nitrogen and oxygen atoms in total. The second kappa shape index (κ2) is 7.44. The van der Waals surface area contributed by atoms with Crippen LogP contribution >= 0.6 is 0 Å². The summed E-state index contributed by atoms with van der Waals surface area (Å²) in [6, 6.07) is 8.02. The summed E-state index contributed by atoms with van der Waals surface area (Å²) >= 11 is 0. The Bertz CT molecular complexity index is 929. The van der Waals surface area contributed by atoms with E-state index >= 15 is 0 Å². The maximum absolute atomic E-state index is 4.67. The summed E-state index contributed by atoms with van der Waals surface area (Å²) in [6.45, 7) is 6.79. The Hall–Kier alpha value is -2.80. The zero-order valence-electron chi connectivity index (χ0n) is 16.1. The van der Waals surface area contributed by atoms with E-state index in [0.717, 1.165) is 60.2 Å². The van der Waals surface area contributed by atoms with E-state index in [-0.39, 0.29) is 0 Å². The number of anilines is 2. The molecule has 1 aliphatic rings. The van der Waals surface area contributed by atoms with Crippen LogP contribution in [-0.4, -0.2) is 65.1 Å². The van der Waals surface area contributed by atoms with Gasteiger partial charge in [0, 0.05) is 51.7 Å². The molecule has 140 valence electrons. The number of nitrogens with zero attached hydrogens (tertiary/aromatic N) is 7. The fourth-order valence-electron chi connectivity index (χ4n) is 3.49. The van der Waals surface area contributed by atoms with Crippen molar-refractivity contribution in [2.24, 2.45) is 0 Å². The largest absolute Gasteiger partial charge is 0.367 e. The average Bonchev–Trinajstić information content (AvgIpc) is 2.67. The summed E-state index contributed by atoms with van der Waals surface area (Å²) in [5, 5.41) is 0. The van der Waals surface area contributed by atoms with Gasteiger partial charge in [0.1, 0.15) is 17.2 Å². The molecule has 4 heterocycles. The predicted octanol–water partition coefficient (Wildman–Crippen LogP) is 2.12. The molecular weight excluding hydrogens is 338 g/mol. The lowest BCUT2D eigenvalue weighted by atomic mass is 10.2. The zero-order valence-corrected chi connectivity index (χ0v) is 16.1. The Morgan fingerprint density at radius 2 is 1.85 bits per heavy atom. The molecule has 0 amide bonds. The summed E-state index contributed by atoms with van der Waals surface area (Å²) in [4.78, 5) is 25.1. The molecule has 0 unspecified atom stereocenters. The molecule has 1 fully saturated rings. The molecule has 0 N–H and O–H groups in total. The topological polar surface area (TPSA) is 61.3 Å². The third-order valence-corrected chi connectivity index (χ3v) is 4.99. The van der Waals surface area contributed by atoms with Crippen LogP contribution in [0.1, 0.15) is 11.5 Å². The van der Waals surface area contributed by atoms with Crippen LogP contribution in [0.2, 0.25) is 0 Å². The van der Waals surface area contributed by atoms with Crippen LogP contribution in [0, 0.1) is 6.92 Å². The van der Waals surface area contributed by atoms with Crippen LogP contribution in [0.5, 0.6) is 0 Å². The van der Waals surface area contributed by atoms with Crippen molar-refractivity contribution in [3.8, 4) is 0 Å². The molecule has 0 saturated carbocycles. The number of likely N-dealkylation sites (N-methyl/N-ethyl adjacent to an activating group) is 1. The number of fused-ring (bicyclic) bond motifs is 1. The molecule has 7 heteroatoms. The Labute approximate surface area is 159 Å². The number of rotatable bonds is 4. The number of hydrogen-bond donors (Lipinski definition) is 0. The van der Waals surface area contributed by atoms with E-state index in [2.05, 4.69) is 54.8 Å². The number of aryl methyl sites for hydroxylation is 1. The van der Waals surface area contributed by atoms with Crippen LogP contribution in [-0.2, 0) is 6.54 Å². The second-order valence-corrected chi connectivity index (χ2v) is 7.11. The molecule has 4 rings (SSSR count). The van der Waals surface area contributed by atoms with Crippen LogP contribution in [0.15, 0.2) is 36.7 Å². The molecule has 0 spiro atoms. The van der Waals surface area contributed by atoms with Crippen molar-refractivity contribution in [1.29, 1.82) is 0 Å². The fraction of sp³-hybridized carbons (Fsp3) is 0.400. The van der Waals surface area contributed by atoms with Crippen molar-refractivity contribution >= 4 is 22.5 Å². The number of hydrogen-bond acceptors (Lipinski definition) is 7. The van der Waals surface area contributed by atoms with E-state index < -0.39 is 0 Å². The molecule has 0 aliphatic carbocycles. The first-order valence-corrected chi connectivity index (χ1v) is 9.29. The third-order valence-electron chi connectivity index (χ3n) is 4.99. The lowest BCUT2D eigenvalue weighted by Gasteiger charge is -2.33. The first-order chi connectivity index (χ1) is 13.1. The maximum Gasteiger partial charge on any atom is 0.132 e. The van der Waals surface area contributed by atoms with Gasteiger partial charge in [-0.2, -0.15) is 0 Å². The van der Waals surface area contributed by atoms with E-state index in [4.69, 9.17) is 0 Å². The molecule has 27 heavy (non-hydrogen) atoms. The Morgan fingerprint density at radius 1 is 1.04 bits per heavy atom. The van der Waals surface area contributed by atoms with Gasteiger partial charge in [0.05, 0.1) is 23.4 Å². The Balaban J connectivity index is 1.58. The molecule has 1 saturated heterocycles.